The average Bonchev–Trinajstić information content (AvgIpc) is 3.31. The minimum atomic E-state index is -5.11. The minimum Gasteiger partial charge on any atom is -0.475 e. The largest absolute Gasteiger partial charge is 0.490 e. The van der Waals surface area contributed by atoms with Crippen molar-refractivity contribution >= 4 is 46.9 Å². The van der Waals surface area contributed by atoms with Gasteiger partial charge in [0.15, 0.2) is 0 Å². The molecule has 1 fully saturated rings. The number of alkyl halides is 9. The lowest BCUT2D eigenvalue weighted by Crippen LogP contribution is -2.51. The molecule has 3 aromatic carbocycles. The Bertz CT molecular complexity index is 1800. The van der Waals surface area contributed by atoms with Crippen LogP contribution in [0, 0.1) is 0 Å². The predicted octanol–water partition coefficient (Wildman–Crippen LogP) is 7.89. The number of rotatable bonds is 6. The number of halogens is 11. The number of carboxylic acids is 1. The first-order valence-electron chi connectivity index (χ1n) is 15.0. The summed E-state index contributed by atoms with van der Waals surface area (Å²) in [5, 5.41) is 7.61. The second kappa shape index (κ2) is 15.3. The third kappa shape index (κ3) is 9.16. The van der Waals surface area contributed by atoms with Gasteiger partial charge in [0.25, 0.3) is 17.7 Å². The summed E-state index contributed by atoms with van der Waals surface area (Å²) in [6.07, 6.45) is -15.0. The van der Waals surface area contributed by atoms with Crippen molar-refractivity contribution in [3.05, 3.63) is 104 Å². The highest BCUT2D eigenvalue weighted by Crippen LogP contribution is 2.38. The number of hydrogen-bond donors (Lipinski definition) is 1. The van der Waals surface area contributed by atoms with Gasteiger partial charge >= 0.3 is 24.5 Å². The zero-order valence-corrected chi connectivity index (χ0v) is 28.1. The molecular weight excluding hydrogens is 760 g/mol. The molecule has 0 aromatic heterocycles. The second-order valence-electron chi connectivity index (χ2n) is 11.8. The quantitative estimate of drug-likeness (QED) is 0.202. The van der Waals surface area contributed by atoms with E-state index in [1.807, 2.05) is 4.90 Å². The molecule has 0 saturated carbocycles. The van der Waals surface area contributed by atoms with Crippen molar-refractivity contribution in [2.45, 2.75) is 36.9 Å². The summed E-state index contributed by atoms with van der Waals surface area (Å²) in [6, 6.07) is 11.5. The lowest BCUT2D eigenvalue weighted by atomic mass is 9.84. The number of carbonyl (C=O) groups excluding carboxylic acids is 3. The summed E-state index contributed by atoms with van der Waals surface area (Å²) < 4.78 is 113. The van der Waals surface area contributed by atoms with Gasteiger partial charge in [-0.2, -0.15) is 39.5 Å². The number of amides is 3. The topological polar surface area (TPSA) is 98.2 Å². The number of benzene rings is 3. The van der Waals surface area contributed by atoms with Crippen LogP contribution in [0.25, 0.3) is 0 Å². The van der Waals surface area contributed by atoms with E-state index in [1.165, 1.54) is 7.05 Å². The van der Waals surface area contributed by atoms with E-state index in [0.29, 0.717) is 35.4 Å². The van der Waals surface area contributed by atoms with Crippen molar-refractivity contribution in [3.8, 4) is 0 Å². The maximum absolute atomic E-state index is 13.5. The van der Waals surface area contributed by atoms with Gasteiger partial charge < -0.3 is 14.9 Å². The van der Waals surface area contributed by atoms with Gasteiger partial charge in [-0.05, 0) is 54.4 Å². The van der Waals surface area contributed by atoms with Crippen LogP contribution in [0.15, 0.2) is 60.7 Å². The number of piperidine rings is 1. The molecule has 280 valence electrons. The first-order chi connectivity index (χ1) is 24.0. The SMILES string of the molecule is CN(C(=O)c1cc(C(F)(F)F)cc(C(F)(F)F)c1)[C@@H]1CCN(CCN2C(=O)c3ccccc3C2=O)C[C@H]1c1ccc(Cl)c(Cl)c1.O=C(O)C(F)(F)F. The summed E-state index contributed by atoms with van der Waals surface area (Å²) >= 11 is 12.4. The lowest BCUT2D eigenvalue weighted by Gasteiger charge is -2.43. The van der Waals surface area contributed by atoms with Crippen LogP contribution in [-0.4, -0.2) is 88.9 Å². The minimum absolute atomic E-state index is 0.0257. The van der Waals surface area contributed by atoms with E-state index in [0.717, 1.165) is 9.80 Å². The highest BCUT2D eigenvalue weighted by Gasteiger charge is 2.41. The monoisotopic (exact) mass is 785 g/mol. The molecule has 2 heterocycles. The van der Waals surface area contributed by atoms with Crippen molar-refractivity contribution < 1.29 is 63.8 Å². The number of nitrogens with zero attached hydrogens (tertiary/aromatic N) is 3. The number of likely N-dealkylation sites (tertiary alicyclic amines) is 1. The maximum Gasteiger partial charge on any atom is 0.490 e. The lowest BCUT2D eigenvalue weighted by molar-refractivity contribution is -0.192. The normalized spacial score (nSPS) is 18.1. The Morgan fingerprint density at radius 3 is 1.79 bits per heavy atom. The number of likely N-dealkylation sites (N-methyl/N-ethyl adjacent to an activating group) is 1. The van der Waals surface area contributed by atoms with Crippen LogP contribution in [0.5, 0.6) is 0 Å². The molecule has 0 radical (unpaired) electrons. The standard InChI is InChI=1S/C31H25Cl2F6N3O3.C2HF3O2/c1-40(27(43)18-12-19(30(34,35)36)15-20(13-18)31(37,38)39)26-8-9-41(16-23(26)17-6-7-24(32)25(33)14-17)10-11-42-28(44)21-4-2-3-5-22(21)29(42)45;3-2(4,5)1(6)7/h2-7,12-15,23,26H,8-11,16H2,1H3;(H,6,7)/t23-,26+;/m0./s1. The van der Waals surface area contributed by atoms with E-state index < -0.39 is 70.9 Å². The fraction of sp³-hybridized carbons (Fsp3) is 0.333. The summed E-state index contributed by atoms with van der Waals surface area (Å²) in [6.45, 7) is 1.01. The van der Waals surface area contributed by atoms with E-state index in [4.69, 9.17) is 33.1 Å². The first-order valence-corrected chi connectivity index (χ1v) is 15.8. The van der Waals surface area contributed by atoms with Crippen molar-refractivity contribution in [3.63, 3.8) is 0 Å². The molecule has 0 aliphatic carbocycles. The number of carboxylic acid groups (broad SMARTS) is 1. The molecule has 52 heavy (non-hydrogen) atoms. The Hall–Kier alpha value is -4.35. The third-order valence-electron chi connectivity index (χ3n) is 8.45. The molecule has 3 aromatic rings. The van der Waals surface area contributed by atoms with Gasteiger partial charge in [-0.3, -0.25) is 19.3 Å². The van der Waals surface area contributed by atoms with Crippen LogP contribution in [0.2, 0.25) is 10.0 Å². The third-order valence-corrected chi connectivity index (χ3v) is 9.18. The Balaban J connectivity index is 0.000000785. The Morgan fingerprint density at radius 2 is 1.33 bits per heavy atom. The summed E-state index contributed by atoms with van der Waals surface area (Å²) in [7, 11) is 1.33. The van der Waals surface area contributed by atoms with E-state index in [9.17, 15) is 53.9 Å². The Labute approximate surface area is 299 Å². The Morgan fingerprint density at radius 1 is 0.808 bits per heavy atom. The van der Waals surface area contributed by atoms with E-state index in [1.54, 1.807) is 42.5 Å². The fourth-order valence-corrected chi connectivity index (χ4v) is 6.17. The van der Waals surface area contributed by atoms with Gasteiger partial charge in [-0.25, -0.2) is 4.79 Å². The molecule has 5 rings (SSSR count). The highest BCUT2D eigenvalue weighted by atomic mass is 35.5. The second-order valence-corrected chi connectivity index (χ2v) is 12.6. The molecular formula is C33H26Cl2F9N3O5. The summed E-state index contributed by atoms with van der Waals surface area (Å²) in [5.74, 6) is -5.08. The molecule has 2 aliphatic rings. The van der Waals surface area contributed by atoms with Crippen molar-refractivity contribution in [2.24, 2.45) is 0 Å². The molecule has 19 heteroatoms. The van der Waals surface area contributed by atoms with Crippen molar-refractivity contribution in [1.82, 2.24) is 14.7 Å². The number of aliphatic carboxylic acids is 1. The maximum atomic E-state index is 13.5. The molecule has 2 atom stereocenters. The molecule has 0 spiro atoms. The molecule has 1 saturated heterocycles. The highest BCUT2D eigenvalue weighted by molar-refractivity contribution is 6.42. The van der Waals surface area contributed by atoms with Crippen LogP contribution in [0.3, 0.4) is 0 Å². The fourth-order valence-electron chi connectivity index (χ4n) is 5.86. The number of carbonyl (C=O) groups is 4. The van der Waals surface area contributed by atoms with Crippen LogP contribution in [0.1, 0.15) is 60.1 Å². The van der Waals surface area contributed by atoms with Gasteiger partial charge in [0.2, 0.25) is 0 Å². The van der Waals surface area contributed by atoms with Crippen LogP contribution in [0.4, 0.5) is 39.5 Å². The number of hydrogen-bond acceptors (Lipinski definition) is 5. The number of fused-ring (bicyclic) bond motifs is 1. The van der Waals surface area contributed by atoms with Crippen LogP contribution < -0.4 is 0 Å². The van der Waals surface area contributed by atoms with Crippen molar-refractivity contribution in [1.29, 1.82) is 0 Å². The molecule has 1 N–H and O–H groups in total. The molecule has 0 unspecified atom stereocenters. The van der Waals surface area contributed by atoms with Crippen LogP contribution >= 0.6 is 23.2 Å². The van der Waals surface area contributed by atoms with E-state index >= 15 is 0 Å². The van der Waals surface area contributed by atoms with Gasteiger partial charge in [0.1, 0.15) is 0 Å². The smallest absolute Gasteiger partial charge is 0.475 e. The number of imide groups is 1. The molecule has 8 nitrogen and oxygen atoms in total. The average molecular weight is 786 g/mol. The first kappa shape index (κ1) is 40.4. The zero-order valence-electron chi connectivity index (χ0n) is 26.5. The molecule has 0 bridgehead atoms. The summed E-state index contributed by atoms with van der Waals surface area (Å²) in [5.41, 5.74) is -2.65. The van der Waals surface area contributed by atoms with Crippen molar-refractivity contribution in [2.75, 3.05) is 33.2 Å². The zero-order chi connectivity index (χ0) is 38.9. The molecule has 2 aliphatic heterocycles. The Kier molecular flexibility index (Phi) is 11.9. The van der Waals surface area contributed by atoms with E-state index in [2.05, 4.69) is 0 Å². The van der Waals surface area contributed by atoms with Gasteiger partial charge in [-0.15, -0.1) is 0 Å². The molecule has 3 amide bonds. The summed E-state index contributed by atoms with van der Waals surface area (Å²) in [4.78, 5) is 52.4. The van der Waals surface area contributed by atoms with Crippen LogP contribution in [-0.2, 0) is 17.1 Å². The predicted molar refractivity (Wildman–Crippen MR) is 168 cm³/mol. The van der Waals surface area contributed by atoms with Gasteiger partial charge in [-0.1, -0.05) is 41.4 Å². The van der Waals surface area contributed by atoms with Gasteiger partial charge in [0.05, 0.1) is 32.3 Å². The van der Waals surface area contributed by atoms with Gasteiger partial charge in [0, 0.05) is 50.7 Å². The van der Waals surface area contributed by atoms with E-state index in [-0.39, 0.29) is 42.2 Å².